The van der Waals surface area contributed by atoms with E-state index in [-0.39, 0.29) is 5.91 Å². The zero-order valence-corrected chi connectivity index (χ0v) is 8.35. The van der Waals surface area contributed by atoms with E-state index in [0.29, 0.717) is 17.8 Å². The van der Waals surface area contributed by atoms with Crippen molar-refractivity contribution in [2.24, 2.45) is 0 Å². The second kappa shape index (κ2) is 3.34. The molecule has 0 spiro atoms. The first kappa shape index (κ1) is 8.91. The van der Waals surface area contributed by atoms with Gasteiger partial charge in [-0.3, -0.25) is 4.79 Å². The van der Waals surface area contributed by atoms with Crippen molar-refractivity contribution in [3.63, 3.8) is 0 Å². The summed E-state index contributed by atoms with van der Waals surface area (Å²) in [5.41, 5.74) is 0.419. The van der Waals surface area contributed by atoms with Crippen LogP contribution in [0.2, 0.25) is 0 Å². The number of hydrogen-bond donors (Lipinski definition) is 1. The van der Waals surface area contributed by atoms with E-state index in [4.69, 9.17) is 4.52 Å². The van der Waals surface area contributed by atoms with Crippen molar-refractivity contribution in [1.29, 1.82) is 0 Å². The maximum Gasteiger partial charge on any atom is 0.276 e. The number of hydrogen-bond acceptors (Lipinski definition) is 4. The highest BCUT2D eigenvalue weighted by Crippen LogP contribution is 2.25. The number of likely N-dealkylation sites (tertiary alicyclic amines) is 1. The summed E-state index contributed by atoms with van der Waals surface area (Å²) in [7, 11) is 0. The van der Waals surface area contributed by atoms with Crippen molar-refractivity contribution in [2.45, 2.75) is 24.9 Å². The van der Waals surface area contributed by atoms with Crippen molar-refractivity contribution in [1.82, 2.24) is 15.4 Å². The Morgan fingerprint density at radius 3 is 3.33 bits per heavy atom. The highest BCUT2D eigenvalue weighted by atomic mass is 16.5. The molecule has 3 rings (SSSR count). The van der Waals surface area contributed by atoms with Crippen LogP contribution in [0.15, 0.2) is 16.9 Å². The molecule has 1 N–H and O–H groups in total. The van der Waals surface area contributed by atoms with E-state index in [9.17, 15) is 4.79 Å². The highest BCUT2D eigenvalue weighted by Gasteiger charge is 2.38. The second-order valence-electron chi connectivity index (χ2n) is 4.17. The summed E-state index contributed by atoms with van der Waals surface area (Å²) >= 11 is 0. The summed E-state index contributed by atoms with van der Waals surface area (Å²) in [5.74, 6) is -0.0000463. The van der Waals surface area contributed by atoms with E-state index in [1.807, 2.05) is 4.90 Å². The fraction of sp³-hybridized carbons (Fsp3) is 0.600. The standard InChI is InChI=1S/C10H13N3O2/c14-10(9-2-4-15-12-9)13-6-7-5-8(13)1-3-11-7/h2,4,7-8,11H,1,3,5-6H2. The molecular formula is C10H13N3O2. The van der Waals surface area contributed by atoms with Crippen LogP contribution in [0, 0.1) is 0 Å². The monoisotopic (exact) mass is 207 g/mol. The van der Waals surface area contributed by atoms with Crippen molar-refractivity contribution in [3.05, 3.63) is 18.0 Å². The summed E-state index contributed by atoms with van der Waals surface area (Å²) in [6.07, 6.45) is 3.55. The molecule has 15 heavy (non-hydrogen) atoms. The molecule has 2 atom stereocenters. The molecule has 3 heterocycles. The molecular weight excluding hydrogens is 194 g/mol. The number of rotatable bonds is 1. The average Bonchev–Trinajstić information content (AvgIpc) is 2.86. The lowest BCUT2D eigenvalue weighted by Crippen LogP contribution is -2.36. The Kier molecular flexibility index (Phi) is 1.98. The highest BCUT2D eigenvalue weighted by molar-refractivity contribution is 5.92. The van der Waals surface area contributed by atoms with Crippen LogP contribution in [0.3, 0.4) is 0 Å². The maximum absolute atomic E-state index is 12.0. The average molecular weight is 207 g/mol. The van der Waals surface area contributed by atoms with Crippen molar-refractivity contribution in [2.75, 3.05) is 13.1 Å². The molecule has 0 aromatic carbocycles. The molecule has 2 aliphatic rings. The number of piperidine rings is 1. The minimum absolute atomic E-state index is 0.0000463. The molecule has 5 nitrogen and oxygen atoms in total. The minimum Gasteiger partial charge on any atom is -0.364 e. The Morgan fingerprint density at radius 1 is 1.67 bits per heavy atom. The van der Waals surface area contributed by atoms with Crippen LogP contribution in [0.4, 0.5) is 0 Å². The van der Waals surface area contributed by atoms with Crippen LogP contribution < -0.4 is 5.32 Å². The predicted octanol–water partition coefficient (Wildman–Crippen LogP) is 0.251. The number of carbonyl (C=O) groups excluding carboxylic acids is 1. The number of amides is 1. The Hall–Kier alpha value is -1.36. The molecule has 2 bridgehead atoms. The van der Waals surface area contributed by atoms with Gasteiger partial charge in [-0.15, -0.1) is 0 Å². The first-order valence-corrected chi connectivity index (χ1v) is 5.29. The Balaban J connectivity index is 1.80. The Morgan fingerprint density at radius 2 is 2.60 bits per heavy atom. The minimum atomic E-state index is -0.0000463. The van der Waals surface area contributed by atoms with Crippen LogP contribution in [-0.4, -0.2) is 41.1 Å². The third kappa shape index (κ3) is 1.43. The van der Waals surface area contributed by atoms with Gasteiger partial charge in [0.25, 0.3) is 5.91 Å². The number of nitrogens with one attached hydrogen (secondary N) is 1. The SMILES string of the molecule is O=C(c1ccon1)N1CC2CC1CCN2. The quantitative estimate of drug-likeness (QED) is 0.717. The molecule has 5 heteroatoms. The van der Waals surface area contributed by atoms with Crippen molar-refractivity contribution in [3.8, 4) is 0 Å². The maximum atomic E-state index is 12.0. The zero-order valence-electron chi connectivity index (χ0n) is 8.35. The largest absolute Gasteiger partial charge is 0.364 e. The van der Waals surface area contributed by atoms with Gasteiger partial charge in [-0.25, -0.2) is 0 Å². The van der Waals surface area contributed by atoms with E-state index >= 15 is 0 Å². The van der Waals surface area contributed by atoms with Gasteiger partial charge in [0.1, 0.15) is 6.26 Å². The van der Waals surface area contributed by atoms with Gasteiger partial charge < -0.3 is 14.7 Å². The van der Waals surface area contributed by atoms with E-state index in [0.717, 1.165) is 25.9 Å². The molecule has 2 saturated heterocycles. The van der Waals surface area contributed by atoms with Gasteiger partial charge in [0.2, 0.25) is 0 Å². The molecule has 2 unspecified atom stereocenters. The van der Waals surface area contributed by atoms with Crippen molar-refractivity contribution >= 4 is 5.91 Å². The van der Waals surface area contributed by atoms with Gasteiger partial charge in [-0.1, -0.05) is 5.16 Å². The molecule has 0 radical (unpaired) electrons. The van der Waals surface area contributed by atoms with Crippen LogP contribution in [-0.2, 0) is 0 Å². The number of nitrogens with zero attached hydrogens (tertiary/aromatic N) is 2. The van der Waals surface area contributed by atoms with Gasteiger partial charge in [0.15, 0.2) is 5.69 Å². The molecule has 1 aromatic heterocycles. The zero-order chi connectivity index (χ0) is 10.3. The van der Waals surface area contributed by atoms with Crippen LogP contribution >= 0.6 is 0 Å². The topological polar surface area (TPSA) is 58.4 Å². The summed E-state index contributed by atoms with van der Waals surface area (Å²) in [6, 6.07) is 2.48. The third-order valence-electron chi connectivity index (χ3n) is 3.24. The van der Waals surface area contributed by atoms with Gasteiger partial charge in [-0.05, 0) is 19.4 Å². The van der Waals surface area contributed by atoms with E-state index < -0.39 is 0 Å². The van der Waals surface area contributed by atoms with E-state index in [1.54, 1.807) is 6.07 Å². The summed E-state index contributed by atoms with van der Waals surface area (Å²) in [6.45, 7) is 1.81. The first-order chi connectivity index (χ1) is 7.34. The first-order valence-electron chi connectivity index (χ1n) is 5.29. The smallest absolute Gasteiger partial charge is 0.276 e. The normalized spacial score (nSPS) is 29.5. The molecule has 80 valence electrons. The Labute approximate surface area is 87.4 Å². The molecule has 0 saturated carbocycles. The molecule has 0 aliphatic carbocycles. The van der Waals surface area contributed by atoms with E-state index in [1.165, 1.54) is 6.26 Å². The number of aromatic nitrogens is 1. The number of carbonyl (C=O) groups is 1. The molecule has 1 aromatic rings. The number of fused-ring (bicyclic) bond motifs is 2. The summed E-state index contributed by atoms with van der Waals surface area (Å²) < 4.78 is 4.69. The second-order valence-corrected chi connectivity index (χ2v) is 4.17. The third-order valence-corrected chi connectivity index (χ3v) is 3.24. The van der Waals surface area contributed by atoms with Crippen LogP contribution in [0.5, 0.6) is 0 Å². The van der Waals surface area contributed by atoms with Gasteiger partial charge >= 0.3 is 0 Å². The summed E-state index contributed by atoms with van der Waals surface area (Å²) in [4.78, 5) is 13.9. The lowest BCUT2D eigenvalue weighted by molar-refractivity contribution is 0.0725. The lowest BCUT2D eigenvalue weighted by Gasteiger charge is -2.23. The molecule has 2 fully saturated rings. The molecule has 2 aliphatic heterocycles. The lowest BCUT2D eigenvalue weighted by atomic mass is 10.1. The van der Waals surface area contributed by atoms with Gasteiger partial charge in [0, 0.05) is 24.7 Å². The van der Waals surface area contributed by atoms with Gasteiger partial charge in [-0.2, -0.15) is 0 Å². The predicted molar refractivity (Wildman–Crippen MR) is 52.4 cm³/mol. The van der Waals surface area contributed by atoms with Crippen LogP contribution in [0.1, 0.15) is 23.3 Å². The Bertz CT molecular complexity index is 363. The fourth-order valence-electron chi connectivity index (χ4n) is 2.51. The van der Waals surface area contributed by atoms with Crippen LogP contribution in [0.25, 0.3) is 0 Å². The fourth-order valence-corrected chi connectivity index (χ4v) is 2.51. The van der Waals surface area contributed by atoms with E-state index in [2.05, 4.69) is 10.5 Å². The van der Waals surface area contributed by atoms with Gasteiger partial charge in [0.05, 0.1) is 0 Å². The van der Waals surface area contributed by atoms with Crippen molar-refractivity contribution < 1.29 is 9.32 Å². The molecule has 1 amide bonds. The summed E-state index contributed by atoms with van der Waals surface area (Å²) in [5, 5.41) is 7.09.